The van der Waals surface area contributed by atoms with Gasteiger partial charge in [0.05, 0.1) is 5.75 Å². The van der Waals surface area contributed by atoms with Crippen LogP contribution in [0.2, 0.25) is 0 Å². The second kappa shape index (κ2) is 8.19. The van der Waals surface area contributed by atoms with Gasteiger partial charge in [-0.3, -0.25) is 9.32 Å². The topological polar surface area (TPSA) is 106 Å². The Morgan fingerprint density at radius 3 is 2.21 bits per heavy atom. The minimum absolute atomic E-state index is 0.0168. The maximum absolute atomic E-state index is 12.4. The second-order valence-corrected chi connectivity index (χ2v) is 7.07. The smallest absolute Gasteiger partial charge is 0.286 e. The number of aromatic nitrogens is 5. The van der Waals surface area contributed by atoms with Gasteiger partial charge in [0.15, 0.2) is 7.05 Å². The monoisotopic (exact) mass is 406 g/mol. The number of carbonyl (C=O) groups excluding carboxylic acids is 1. The number of H-pyrrole nitrogens is 1. The highest BCUT2D eigenvalue weighted by molar-refractivity contribution is 7.99. The number of nitrogens with one attached hydrogen (secondary N) is 1. The average molecular weight is 406 g/mol. The largest absolute Gasteiger partial charge is 0.438 e. The van der Waals surface area contributed by atoms with Crippen LogP contribution >= 0.6 is 11.8 Å². The number of nitrogens with zero attached hydrogens (tertiary/aromatic N) is 4. The molecule has 2 aromatic carbocycles. The van der Waals surface area contributed by atoms with Crippen LogP contribution in [0, 0.1) is 0 Å². The van der Waals surface area contributed by atoms with Gasteiger partial charge < -0.3 is 0 Å². The van der Waals surface area contributed by atoms with Crippen LogP contribution in [0.4, 0.5) is 0 Å². The molecule has 0 amide bonds. The lowest BCUT2D eigenvalue weighted by Crippen LogP contribution is -2.39. The summed E-state index contributed by atoms with van der Waals surface area (Å²) in [6, 6.07) is 19.3. The summed E-state index contributed by atoms with van der Waals surface area (Å²) in [6.45, 7) is 0. The third-order valence-corrected chi connectivity index (χ3v) is 5.00. The van der Waals surface area contributed by atoms with Crippen LogP contribution in [0.1, 0.15) is 10.5 Å². The molecule has 4 aromatic rings. The predicted molar refractivity (Wildman–Crippen MR) is 106 cm³/mol. The van der Waals surface area contributed by atoms with E-state index in [4.69, 9.17) is 0 Å². The van der Waals surface area contributed by atoms with Crippen molar-refractivity contribution < 1.29 is 14.0 Å². The van der Waals surface area contributed by atoms with E-state index in [-0.39, 0.29) is 17.2 Å². The van der Waals surface area contributed by atoms with Gasteiger partial charge in [-0.25, -0.2) is 9.78 Å². The summed E-state index contributed by atoms with van der Waals surface area (Å²) < 4.78 is 5.87. The fourth-order valence-corrected chi connectivity index (χ4v) is 3.45. The molecule has 0 aliphatic heterocycles. The highest BCUT2D eigenvalue weighted by atomic mass is 32.2. The first-order valence-electron chi connectivity index (χ1n) is 8.72. The number of rotatable bonds is 6. The molecule has 144 valence electrons. The zero-order valence-electron chi connectivity index (χ0n) is 15.4. The van der Waals surface area contributed by atoms with E-state index in [1.807, 2.05) is 60.7 Å². The quantitative estimate of drug-likeness (QED) is 0.297. The maximum atomic E-state index is 12.4. The molecular weight excluding hydrogens is 390 g/mol. The lowest BCUT2D eigenvalue weighted by molar-refractivity contribution is -0.741. The Hall–Kier alpha value is -3.59. The number of benzene rings is 2. The number of hydrogen-bond donors (Lipinski definition) is 1. The molecule has 0 atom stereocenters. The number of hydrogen-bond acceptors (Lipinski definition) is 7. The lowest BCUT2D eigenvalue weighted by atomic mass is 10.0. The molecule has 0 aliphatic rings. The van der Waals surface area contributed by atoms with Crippen LogP contribution < -0.4 is 10.3 Å². The first-order chi connectivity index (χ1) is 14.1. The van der Waals surface area contributed by atoms with E-state index < -0.39 is 5.63 Å². The van der Waals surface area contributed by atoms with E-state index in [0.29, 0.717) is 16.5 Å². The van der Waals surface area contributed by atoms with Crippen molar-refractivity contribution >= 4 is 17.5 Å². The minimum atomic E-state index is -0.707. The number of aryl methyl sites for hydroxylation is 1. The molecule has 0 bridgehead atoms. The predicted octanol–water partition coefficient (Wildman–Crippen LogP) is 2.29. The van der Waals surface area contributed by atoms with E-state index in [1.165, 1.54) is 11.7 Å². The molecule has 0 saturated heterocycles. The fraction of sp³-hybridized carbons (Fsp3) is 0.100. The molecule has 8 nitrogen and oxygen atoms in total. The number of carbonyl (C=O) groups is 1. The second-order valence-electron chi connectivity index (χ2n) is 6.12. The van der Waals surface area contributed by atoms with Crippen LogP contribution in [-0.4, -0.2) is 32.0 Å². The molecule has 0 spiro atoms. The molecule has 0 fully saturated rings. The summed E-state index contributed by atoms with van der Waals surface area (Å²) in [7, 11) is 1.53. The molecule has 4 rings (SSSR count). The summed E-state index contributed by atoms with van der Waals surface area (Å²) in [6.07, 6.45) is 0. The molecule has 9 heteroatoms. The van der Waals surface area contributed by atoms with Crippen LogP contribution in [0.25, 0.3) is 22.5 Å². The highest BCUT2D eigenvalue weighted by Crippen LogP contribution is 2.29. The van der Waals surface area contributed by atoms with Crippen molar-refractivity contribution in [2.75, 3.05) is 5.75 Å². The Morgan fingerprint density at radius 1 is 1.00 bits per heavy atom. The molecular formula is C20H16N5O3S+. The van der Waals surface area contributed by atoms with Gasteiger partial charge >= 0.3 is 11.3 Å². The lowest BCUT2D eigenvalue weighted by Gasteiger charge is -2.09. The van der Waals surface area contributed by atoms with Crippen molar-refractivity contribution in [3.8, 4) is 22.5 Å². The maximum Gasteiger partial charge on any atom is 0.438 e. The van der Waals surface area contributed by atoms with Crippen LogP contribution in [0.3, 0.4) is 0 Å². The molecule has 0 radical (unpaired) electrons. The van der Waals surface area contributed by atoms with Crippen molar-refractivity contribution in [1.29, 1.82) is 0 Å². The van der Waals surface area contributed by atoms with Crippen LogP contribution in [0.15, 0.2) is 75.1 Å². The van der Waals surface area contributed by atoms with Crippen molar-refractivity contribution in [1.82, 2.24) is 20.5 Å². The first-order valence-corrected chi connectivity index (χ1v) is 9.71. The molecule has 1 N–H and O–H groups in total. The van der Waals surface area contributed by atoms with Gasteiger partial charge in [0.25, 0.3) is 0 Å². The third-order valence-electron chi connectivity index (χ3n) is 4.16. The Morgan fingerprint density at radius 2 is 1.62 bits per heavy atom. The zero-order chi connectivity index (χ0) is 20.2. The summed E-state index contributed by atoms with van der Waals surface area (Å²) in [5, 5.41) is 11.2. The van der Waals surface area contributed by atoms with Crippen LogP contribution in [0.5, 0.6) is 0 Å². The Labute approximate surface area is 169 Å². The van der Waals surface area contributed by atoms with Gasteiger partial charge in [0.1, 0.15) is 11.4 Å². The number of thioether (sulfide) groups is 1. The van der Waals surface area contributed by atoms with E-state index in [9.17, 15) is 9.59 Å². The van der Waals surface area contributed by atoms with Crippen LogP contribution in [-0.2, 0) is 7.05 Å². The van der Waals surface area contributed by atoms with Crippen molar-refractivity contribution in [2.45, 2.75) is 5.16 Å². The summed E-state index contributed by atoms with van der Waals surface area (Å²) in [5.74, 6) is -0.402. The molecule has 0 aliphatic carbocycles. The van der Waals surface area contributed by atoms with Gasteiger partial charge in [-0.05, 0) is 5.27 Å². The number of Topliss-reactive ketones (excluding diaryl/α,β-unsaturated/α-hetero) is 1. The number of aromatic amines is 1. The molecule has 0 unspecified atom stereocenters. The SMILES string of the molecule is C[n+]1[nH]oc(=O)c1C(=O)CSc1nnc(-c2ccccc2)c(-c2ccccc2)n1. The summed E-state index contributed by atoms with van der Waals surface area (Å²) >= 11 is 1.11. The Balaban J connectivity index is 1.65. The van der Waals surface area contributed by atoms with Gasteiger partial charge in [0.2, 0.25) is 10.9 Å². The average Bonchev–Trinajstić information content (AvgIpc) is 3.11. The Kier molecular flexibility index (Phi) is 5.30. The first kappa shape index (κ1) is 18.8. The van der Waals surface area contributed by atoms with Gasteiger partial charge in [-0.1, -0.05) is 77.1 Å². The third kappa shape index (κ3) is 3.99. The normalized spacial score (nSPS) is 10.8. The van der Waals surface area contributed by atoms with Gasteiger partial charge in [0, 0.05) is 11.1 Å². The Bertz CT molecular complexity index is 1210. The standard InChI is InChI=1S/C20H15N5O3S/c1-25-18(19(27)28-24-25)15(26)12-29-20-21-16(13-8-4-2-5-9-13)17(22-23-20)14-10-6-3-7-11-14/h2-11H,12H2,1H3/p+1. The van der Waals surface area contributed by atoms with Crippen molar-refractivity contribution in [3.63, 3.8) is 0 Å². The zero-order valence-corrected chi connectivity index (χ0v) is 16.2. The number of ketones is 1. The highest BCUT2D eigenvalue weighted by Gasteiger charge is 2.26. The summed E-state index contributed by atoms with van der Waals surface area (Å²) in [4.78, 5) is 28.6. The molecule has 29 heavy (non-hydrogen) atoms. The molecule has 2 heterocycles. The molecule has 0 saturated carbocycles. The minimum Gasteiger partial charge on any atom is -0.286 e. The van der Waals surface area contributed by atoms with Gasteiger partial charge in [-0.15, -0.1) is 10.2 Å². The van der Waals surface area contributed by atoms with E-state index in [1.54, 1.807) is 0 Å². The molecule has 2 aromatic heterocycles. The van der Waals surface area contributed by atoms with E-state index in [2.05, 4.69) is 25.0 Å². The van der Waals surface area contributed by atoms with Crippen molar-refractivity contribution in [3.05, 3.63) is 76.8 Å². The van der Waals surface area contributed by atoms with Crippen molar-refractivity contribution in [2.24, 2.45) is 7.05 Å². The summed E-state index contributed by atoms with van der Waals surface area (Å²) in [5.41, 5.74) is 2.36. The fourth-order valence-electron chi connectivity index (χ4n) is 2.80. The van der Waals surface area contributed by atoms with E-state index >= 15 is 0 Å². The van der Waals surface area contributed by atoms with Gasteiger partial charge in [-0.2, -0.15) is 0 Å². The van der Waals surface area contributed by atoms with E-state index in [0.717, 1.165) is 22.9 Å².